The van der Waals surface area contributed by atoms with Gasteiger partial charge in [-0.2, -0.15) is 13.2 Å². The maximum atomic E-state index is 12.7. The first-order chi connectivity index (χ1) is 18.2. The van der Waals surface area contributed by atoms with Gasteiger partial charge >= 0.3 is 12.1 Å². The van der Waals surface area contributed by atoms with E-state index < -0.39 is 17.7 Å². The van der Waals surface area contributed by atoms with Gasteiger partial charge < -0.3 is 10.4 Å². The Balaban J connectivity index is 1.27. The zero-order valence-electron chi connectivity index (χ0n) is 21.1. The Morgan fingerprint density at radius 3 is 1.95 bits per heavy atom. The fourth-order valence-electron chi connectivity index (χ4n) is 3.95. The summed E-state index contributed by atoms with van der Waals surface area (Å²) in [5.74, 6) is -0.174. The second kappa shape index (κ2) is 14.6. The molecule has 3 rings (SSSR count). The maximum absolute atomic E-state index is 12.7. The van der Waals surface area contributed by atoms with Gasteiger partial charge in [0.2, 0.25) is 0 Å². The minimum atomic E-state index is -4.32. The number of benzene rings is 3. The summed E-state index contributed by atoms with van der Waals surface area (Å²) in [5.41, 5.74) is 2.75. The van der Waals surface area contributed by atoms with Gasteiger partial charge in [0.15, 0.2) is 0 Å². The predicted molar refractivity (Wildman–Crippen MR) is 145 cm³/mol. The minimum Gasteiger partial charge on any atom is -0.481 e. The smallest absolute Gasteiger partial charge is 0.416 e. The van der Waals surface area contributed by atoms with E-state index in [1.807, 2.05) is 36.4 Å². The number of carbonyl (C=O) groups excluding carboxylic acids is 1. The molecule has 0 saturated heterocycles. The fraction of sp³-hybridized carbons (Fsp3) is 0.333. The number of carbonyl (C=O) groups is 2. The summed E-state index contributed by atoms with van der Waals surface area (Å²) in [6.45, 7) is 0.118. The van der Waals surface area contributed by atoms with Crippen LogP contribution in [-0.2, 0) is 17.4 Å². The molecule has 3 aromatic rings. The van der Waals surface area contributed by atoms with Crippen LogP contribution in [0.3, 0.4) is 0 Å². The molecule has 0 aliphatic carbocycles. The van der Waals surface area contributed by atoms with Gasteiger partial charge in [-0.25, -0.2) is 0 Å². The summed E-state index contributed by atoms with van der Waals surface area (Å²) in [7, 11) is 0. The summed E-state index contributed by atoms with van der Waals surface area (Å²) in [6.07, 6.45) is 2.22. The number of carboxylic acids is 1. The van der Waals surface area contributed by atoms with Crippen molar-refractivity contribution in [2.24, 2.45) is 0 Å². The molecule has 0 aliphatic rings. The molecule has 0 bridgehead atoms. The van der Waals surface area contributed by atoms with Crippen LogP contribution < -0.4 is 5.32 Å². The predicted octanol–water partition coefficient (Wildman–Crippen LogP) is 7.86. The number of carboxylic acid groups (broad SMARTS) is 1. The zero-order chi connectivity index (χ0) is 27.4. The summed E-state index contributed by atoms with van der Waals surface area (Å²) < 4.78 is 38.2. The third-order valence-corrected chi connectivity index (χ3v) is 7.22. The molecule has 0 radical (unpaired) electrons. The van der Waals surface area contributed by atoms with Crippen molar-refractivity contribution in [1.82, 2.24) is 5.32 Å². The zero-order valence-corrected chi connectivity index (χ0v) is 21.9. The molecule has 4 nitrogen and oxygen atoms in total. The molecule has 0 saturated carbocycles. The van der Waals surface area contributed by atoms with E-state index in [9.17, 15) is 22.8 Å². The van der Waals surface area contributed by atoms with Crippen molar-refractivity contribution >= 4 is 23.6 Å². The standard InChI is InChI=1S/C30H32F3NO3S/c31-30(32,33)26-15-11-23(12-16-26)24-13-17-27(18-14-24)38-21-5-3-1-2-4-6-22-7-9-25(10-8-22)29(37)34-20-19-28(35)36/h7-18H,1-6,19-21H2,(H,34,37)(H,35,36). The third-order valence-electron chi connectivity index (χ3n) is 6.12. The number of rotatable bonds is 14. The molecule has 0 unspecified atom stereocenters. The van der Waals surface area contributed by atoms with Crippen LogP contribution in [0.4, 0.5) is 13.2 Å². The molecule has 8 heteroatoms. The highest BCUT2D eigenvalue weighted by molar-refractivity contribution is 7.99. The van der Waals surface area contributed by atoms with E-state index in [-0.39, 0.29) is 18.9 Å². The van der Waals surface area contributed by atoms with Crippen LogP contribution in [0.2, 0.25) is 0 Å². The number of thioether (sulfide) groups is 1. The minimum absolute atomic E-state index is 0.0930. The van der Waals surface area contributed by atoms with E-state index in [1.165, 1.54) is 17.7 Å². The molecular formula is C30H32F3NO3S. The molecule has 0 aromatic heterocycles. The second-order valence-electron chi connectivity index (χ2n) is 9.06. The van der Waals surface area contributed by atoms with Gasteiger partial charge in [-0.15, -0.1) is 11.8 Å². The molecule has 38 heavy (non-hydrogen) atoms. The van der Waals surface area contributed by atoms with Gasteiger partial charge in [-0.1, -0.05) is 55.7 Å². The van der Waals surface area contributed by atoms with Gasteiger partial charge in [-0.05, 0) is 78.1 Å². The third kappa shape index (κ3) is 9.89. The lowest BCUT2D eigenvalue weighted by Crippen LogP contribution is -2.25. The van der Waals surface area contributed by atoms with E-state index in [0.717, 1.165) is 72.4 Å². The van der Waals surface area contributed by atoms with Crippen LogP contribution in [0.15, 0.2) is 77.7 Å². The highest BCUT2D eigenvalue weighted by atomic mass is 32.2. The Morgan fingerprint density at radius 1 is 0.763 bits per heavy atom. The van der Waals surface area contributed by atoms with Gasteiger partial charge in [0.25, 0.3) is 5.91 Å². The summed E-state index contributed by atoms with van der Waals surface area (Å²) >= 11 is 1.79. The highest BCUT2D eigenvalue weighted by Gasteiger charge is 2.29. The summed E-state index contributed by atoms with van der Waals surface area (Å²) in [4.78, 5) is 23.7. The molecule has 0 aliphatic heterocycles. The molecule has 0 heterocycles. The maximum Gasteiger partial charge on any atom is 0.416 e. The van der Waals surface area contributed by atoms with E-state index in [0.29, 0.717) is 5.56 Å². The SMILES string of the molecule is O=C(O)CCNC(=O)c1ccc(CCCCCCCSc2ccc(-c3ccc(C(F)(F)F)cc3)cc2)cc1. The lowest BCUT2D eigenvalue weighted by molar-refractivity contribution is -0.138. The lowest BCUT2D eigenvalue weighted by Gasteiger charge is -2.08. The number of nitrogens with one attached hydrogen (secondary N) is 1. The number of halogens is 3. The largest absolute Gasteiger partial charge is 0.481 e. The molecule has 1 amide bonds. The Morgan fingerprint density at radius 2 is 1.34 bits per heavy atom. The molecule has 2 N–H and O–H groups in total. The van der Waals surface area contributed by atoms with E-state index in [1.54, 1.807) is 23.9 Å². The number of amides is 1. The van der Waals surface area contributed by atoms with Crippen molar-refractivity contribution in [3.8, 4) is 11.1 Å². The number of aryl methyl sites for hydroxylation is 1. The Hall–Kier alpha value is -3.26. The van der Waals surface area contributed by atoms with Crippen molar-refractivity contribution in [2.75, 3.05) is 12.3 Å². The molecule has 0 atom stereocenters. The van der Waals surface area contributed by atoms with Crippen LogP contribution in [0.5, 0.6) is 0 Å². The van der Waals surface area contributed by atoms with Crippen molar-refractivity contribution in [2.45, 2.75) is 56.0 Å². The Bertz CT molecular complexity index is 1160. The average Bonchev–Trinajstić information content (AvgIpc) is 2.90. The second-order valence-corrected chi connectivity index (χ2v) is 10.2. The van der Waals surface area contributed by atoms with E-state index >= 15 is 0 Å². The quantitative estimate of drug-likeness (QED) is 0.160. The van der Waals surface area contributed by atoms with Crippen LogP contribution in [-0.4, -0.2) is 29.3 Å². The lowest BCUT2D eigenvalue weighted by atomic mass is 10.0. The first-order valence-electron chi connectivity index (χ1n) is 12.7. The molecule has 202 valence electrons. The Labute approximate surface area is 225 Å². The average molecular weight is 544 g/mol. The van der Waals surface area contributed by atoms with Crippen molar-refractivity contribution in [3.05, 3.63) is 89.5 Å². The van der Waals surface area contributed by atoms with Crippen molar-refractivity contribution < 1.29 is 27.9 Å². The fourth-order valence-corrected chi connectivity index (χ4v) is 4.87. The van der Waals surface area contributed by atoms with Crippen LogP contribution in [0.1, 0.15) is 60.0 Å². The molecule has 0 spiro atoms. The molecule has 0 fully saturated rings. The first-order valence-corrected chi connectivity index (χ1v) is 13.7. The van der Waals surface area contributed by atoms with Gasteiger partial charge in [0.1, 0.15) is 0 Å². The van der Waals surface area contributed by atoms with Crippen LogP contribution in [0.25, 0.3) is 11.1 Å². The first kappa shape index (κ1) is 29.3. The van der Waals surface area contributed by atoms with Gasteiger partial charge in [-0.3, -0.25) is 9.59 Å². The van der Waals surface area contributed by atoms with Crippen LogP contribution >= 0.6 is 11.8 Å². The number of aliphatic carboxylic acids is 1. The number of unbranched alkanes of at least 4 members (excludes halogenated alkanes) is 4. The monoisotopic (exact) mass is 543 g/mol. The number of alkyl halides is 3. The van der Waals surface area contributed by atoms with E-state index in [4.69, 9.17) is 5.11 Å². The summed E-state index contributed by atoms with van der Waals surface area (Å²) in [5, 5.41) is 11.2. The van der Waals surface area contributed by atoms with E-state index in [2.05, 4.69) is 5.32 Å². The summed E-state index contributed by atoms with van der Waals surface area (Å²) in [6, 6.07) is 20.6. The van der Waals surface area contributed by atoms with Crippen molar-refractivity contribution in [3.63, 3.8) is 0 Å². The van der Waals surface area contributed by atoms with Gasteiger partial charge in [0, 0.05) is 17.0 Å². The normalized spacial score (nSPS) is 11.3. The Kier molecular flexibility index (Phi) is 11.3. The topological polar surface area (TPSA) is 66.4 Å². The molecule has 3 aromatic carbocycles. The number of hydrogen-bond acceptors (Lipinski definition) is 3. The van der Waals surface area contributed by atoms with Crippen molar-refractivity contribution in [1.29, 1.82) is 0 Å². The molecular weight excluding hydrogens is 511 g/mol. The highest BCUT2D eigenvalue weighted by Crippen LogP contribution is 2.31. The number of hydrogen-bond donors (Lipinski definition) is 2. The van der Waals surface area contributed by atoms with Gasteiger partial charge in [0.05, 0.1) is 12.0 Å². The van der Waals surface area contributed by atoms with Crippen LogP contribution in [0, 0.1) is 0 Å².